The van der Waals surface area contributed by atoms with Gasteiger partial charge in [-0.15, -0.1) is 0 Å². The van der Waals surface area contributed by atoms with Gasteiger partial charge in [0, 0.05) is 29.1 Å². The summed E-state index contributed by atoms with van der Waals surface area (Å²) in [6.45, 7) is 9.65. The second-order valence-corrected chi connectivity index (χ2v) is 11.2. The number of ether oxygens (including phenoxy) is 2. The summed E-state index contributed by atoms with van der Waals surface area (Å²) >= 11 is 6.53. The van der Waals surface area contributed by atoms with Gasteiger partial charge in [-0.3, -0.25) is 15.1 Å². The van der Waals surface area contributed by atoms with Crippen molar-refractivity contribution in [2.45, 2.75) is 40.0 Å². The molecule has 43 heavy (non-hydrogen) atoms. The highest BCUT2D eigenvalue weighted by Gasteiger charge is 2.26. The lowest BCUT2D eigenvalue weighted by Gasteiger charge is -2.14. The fourth-order valence-electron chi connectivity index (χ4n) is 4.49. The number of fused-ring (bicyclic) bond motifs is 1. The highest BCUT2D eigenvalue weighted by molar-refractivity contribution is 6.34. The van der Waals surface area contributed by atoms with E-state index in [0.717, 1.165) is 5.56 Å². The fourth-order valence-corrected chi connectivity index (χ4v) is 4.70. The smallest absolute Gasteiger partial charge is 0.324 e. The van der Waals surface area contributed by atoms with Crippen LogP contribution in [0.1, 0.15) is 48.4 Å². The van der Waals surface area contributed by atoms with E-state index in [-0.39, 0.29) is 16.0 Å². The number of halogens is 1. The van der Waals surface area contributed by atoms with E-state index in [1.54, 1.807) is 49.5 Å². The lowest BCUT2D eigenvalue weighted by molar-refractivity contribution is 0.0997. The second-order valence-electron chi connectivity index (χ2n) is 10.8. The van der Waals surface area contributed by atoms with E-state index in [0.29, 0.717) is 62.6 Å². The van der Waals surface area contributed by atoms with Crippen molar-refractivity contribution >= 4 is 45.9 Å². The van der Waals surface area contributed by atoms with Gasteiger partial charge in [0.1, 0.15) is 28.8 Å². The minimum absolute atomic E-state index is 0.195. The highest BCUT2D eigenvalue weighted by Crippen LogP contribution is 2.36. The number of aryl methyl sites for hydroxylation is 2. The standard InChI is InChI=1S/C30H30ClN7O5/c1-14-24(15(2)43-38-14)25-27(36-28(35-25)30(3,4)5)37-29(40)34-20-8-7-16(11-19(20)31)42-22-9-10-33-21-13-23(41-6)18(26(32)39)12-17(21)22/h7-13H,1-6H3,(H2,32,39)(H,35,36)(H2,34,37,40). The van der Waals surface area contributed by atoms with Gasteiger partial charge in [-0.05, 0) is 38.1 Å². The molecule has 0 saturated heterocycles. The molecule has 0 saturated carbocycles. The zero-order chi connectivity index (χ0) is 31.1. The van der Waals surface area contributed by atoms with Gasteiger partial charge in [0.05, 0.1) is 45.9 Å². The van der Waals surface area contributed by atoms with Gasteiger partial charge in [-0.2, -0.15) is 0 Å². The normalized spacial score (nSPS) is 11.4. The number of pyridine rings is 1. The summed E-state index contributed by atoms with van der Waals surface area (Å²) in [6.07, 6.45) is 1.57. The monoisotopic (exact) mass is 603 g/mol. The molecule has 3 amide bonds. The molecular formula is C30H30ClN7O5. The Bertz CT molecular complexity index is 1850. The molecule has 2 aromatic carbocycles. The number of nitrogens with zero attached hydrogens (tertiary/aromatic N) is 3. The predicted octanol–water partition coefficient (Wildman–Crippen LogP) is 6.72. The van der Waals surface area contributed by atoms with Crippen molar-refractivity contribution in [2.75, 3.05) is 17.7 Å². The van der Waals surface area contributed by atoms with Crippen molar-refractivity contribution in [3.05, 3.63) is 70.5 Å². The number of nitrogens with two attached hydrogens (primary N) is 1. The van der Waals surface area contributed by atoms with Crippen LogP contribution in [0.4, 0.5) is 16.3 Å². The Morgan fingerprint density at radius 3 is 2.47 bits per heavy atom. The Labute approximate surface area is 251 Å². The summed E-state index contributed by atoms with van der Waals surface area (Å²) in [5.41, 5.74) is 8.28. The van der Waals surface area contributed by atoms with Crippen LogP contribution >= 0.6 is 11.6 Å². The van der Waals surface area contributed by atoms with E-state index in [1.807, 2.05) is 27.7 Å². The lowest BCUT2D eigenvalue weighted by Crippen LogP contribution is -2.20. The molecule has 5 aromatic rings. The zero-order valence-corrected chi connectivity index (χ0v) is 25.1. The van der Waals surface area contributed by atoms with Crippen molar-refractivity contribution in [1.29, 1.82) is 0 Å². The maximum Gasteiger partial charge on any atom is 0.324 e. The molecule has 3 heterocycles. The van der Waals surface area contributed by atoms with Gasteiger partial charge in [0.25, 0.3) is 5.91 Å². The summed E-state index contributed by atoms with van der Waals surface area (Å²) in [5.74, 6) is 2.08. The third-order valence-corrected chi connectivity index (χ3v) is 6.95. The molecule has 3 aromatic heterocycles. The molecule has 222 valence electrons. The molecule has 12 nitrogen and oxygen atoms in total. The molecule has 0 bridgehead atoms. The van der Waals surface area contributed by atoms with E-state index >= 15 is 0 Å². The van der Waals surface area contributed by atoms with Crippen LogP contribution in [0.15, 0.2) is 47.1 Å². The number of H-pyrrole nitrogens is 1. The molecular weight excluding hydrogens is 574 g/mol. The number of primary amides is 1. The van der Waals surface area contributed by atoms with Gasteiger partial charge in [-0.1, -0.05) is 37.5 Å². The summed E-state index contributed by atoms with van der Waals surface area (Å²) in [7, 11) is 1.45. The number of urea groups is 1. The highest BCUT2D eigenvalue weighted by atomic mass is 35.5. The minimum Gasteiger partial charge on any atom is -0.496 e. The largest absolute Gasteiger partial charge is 0.496 e. The molecule has 0 atom stereocenters. The number of amides is 3. The molecule has 0 spiro atoms. The molecule has 5 rings (SSSR count). The quantitative estimate of drug-likeness (QED) is 0.159. The van der Waals surface area contributed by atoms with Crippen LogP contribution in [0.5, 0.6) is 17.2 Å². The Kier molecular flexibility index (Phi) is 7.72. The summed E-state index contributed by atoms with van der Waals surface area (Å²) < 4.78 is 16.7. The molecule has 0 aliphatic rings. The van der Waals surface area contributed by atoms with E-state index in [4.69, 9.17) is 31.3 Å². The number of rotatable bonds is 7. The van der Waals surface area contributed by atoms with Crippen LogP contribution in [-0.2, 0) is 5.41 Å². The molecule has 0 radical (unpaired) electrons. The number of benzene rings is 2. The maximum atomic E-state index is 13.1. The van der Waals surface area contributed by atoms with Crippen LogP contribution in [0.3, 0.4) is 0 Å². The molecule has 5 N–H and O–H groups in total. The van der Waals surface area contributed by atoms with Crippen molar-refractivity contribution in [2.24, 2.45) is 5.73 Å². The number of aromatic amines is 1. The van der Waals surface area contributed by atoms with E-state index in [1.165, 1.54) is 7.11 Å². The van der Waals surface area contributed by atoms with Crippen LogP contribution < -0.4 is 25.8 Å². The van der Waals surface area contributed by atoms with Crippen molar-refractivity contribution in [3.8, 4) is 28.5 Å². The van der Waals surface area contributed by atoms with Crippen molar-refractivity contribution in [1.82, 2.24) is 20.1 Å². The number of carbonyl (C=O) groups is 2. The molecule has 0 aliphatic carbocycles. The van der Waals surface area contributed by atoms with Gasteiger partial charge in [0.15, 0.2) is 5.82 Å². The van der Waals surface area contributed by atoms with E-state index < -0.39 is 11.9 Å². The van der Waals surface area contributed by atoms with Gasteiger partial charge >= 0.3 is 6.03 Å². The number of hydrogen-bond acceptors (Lipinski definition) is 8. The Morgan fingerprint density at radius 1 is 1.07 bits per heavy atom. The van der Waals surface area contributed by atoms with Gasteiger partial charge in [0.2, 0.25) is 0 Å². The van der Waals surface area contributed by atoms with Crippen LogP contribution in [0.2, 0.25) is 5.02 Å². The number of carbonyl (C=O) groups excluding carboxylic acids is 2. The number of nitrogens with one attached hydrogen (secondary N) is 3. The van der Waals surface area contributed by atoms with E-state index in [9.17, 15) is 9.59 Å². The first kappa shape index (κ1) is 29.4. The number of hydrogen-bond donors (Lipinski definition) is 4. The lowest BCUT2D eigenvalue weighted by atomic mass is 9.96. The van der Waals surface area contributed by atoms with Gasteiger partial charge in [-0.25, -0.2) is 9.78 Å². The predicted molar refractivity (Wildman–Crippen MR) is 163 cm³/mol. The third kappa shape index (κ3) is 5.95. The fraction of sp³-hybridized carbons (Fsp3) is 0.233. The first-order chi connectivity index (χ1) is 20.3. The second kappa shape index (κ2) is 11.3. The number of aromatic nitrogens is 4. The average molecular weight is 604 g/mol. The number of imidazole rings is 1. The minimum atomic E-state index is -0.645. The van der Waals surface area contributed by atoms with Crippen molar-refractivity contribution < 1.29 is 23.6 Å². The number of methoxy groups -OCH3 is 1. The SMILES string of the molecule is COc1cc2nccc(Oc3ccc(NC(=O)Nc4nc(C(C)(C)C)[nH]c4-c4c(C)noc4C)c(Cl)c3)c2cc1C(N)=O. The summed E-state index contributed by atoms with van der Waals surface area (Å²) in [4.78, 5) is 37.3. The van der Waals surface area contributed by atoms with Crippen LogP contribution in [0, 0.1) is 13.8 Å². The molecule has 13 heteroatoms. The van der Waals surface area contributed by atoms with Gasteiger partial charge < -0.3 is 30.0 Å². The summed E-state index contributed by atoms with van der Waals surface area (Å²) in [6, 6.07) is 9.10. The molecule has 0 fully saturated rings. The Hall–Kier alpha value is -5.10. The topological polar surface area (TPSA) is 170 Å². The molecule has 0 aliphatic heterocycles. The summed E-state index contributed by atoms with van der Waals surface area (Å²) in [5, 5.41) is 10.4. The third-order valence-electron chi connectivity index (χ3n) is 6.63. The van der Waals surface area contributed by atoms with E-state index in [2.05, 4.69) is 30.7 Å². The Morgan fingerprint density at radius 2 is 1.84 bits per heavy atom. The first-order valence-corrected chi connectivity index (χ1v) is 13.6. The number of anilines is 2. The average Bonchev–Trinajstić information content (AvgIpc) is 3.51. The maximum absolute atomic E-state index is 13.1. The van der Waals surface area contributed by atoms with Crippen LogP contribution in [0.25, 0.3) is 22.2 Å². The Balaban J connectivity index is 1.37. The zero-order valence-electron chi connectivity index (χ0n) is 24.4. The first-order valence-electron chi connectivity index (χ1n) is 13.2. The van der Waals surface area contributed by atoms with Crippen molar-refractivity contribution in [3.63, 3.8) is 0 Å². The molecule has 0 unspecified atom stereocenters. The van der Waals surface area contributed by atoms with Crippen LogP contribution in [-0.4, -0.2) is 39.2 Å².